The van der Waals surface area contributed by atoms with Gasteiger partial charge in [0.25, 0.3) is 0 Å². The predicted molar refractivity (Wildman–Crippen MR) is 84.3 cm³/mol. The molecule has 0 spiro atoms. The molecule has 2 rings (SSSR count). The summed E-state index contributed by atoms with van der Waals surface area (Å²) in [6.07, 6.45) is 0.317. The molecule has 0 bridgehead atoms. The molecule has 9 heteroatoms. The predicted octanol–water partition coefficient (Wildman–Crippen LogP) is 4.13. The number of hydrogen-bond donors (Lipinski definition) is 0. The van der Waals surface area contributed by atoms with Gasteiger partial charge in [-0.1, -0.05) is 17.3 Å². The van der Waals surface area contributed by atoms with Crippen LogP contribution in [0.4, 0.5) is 17.3 Å². The van der Waals surface area contributed by atoms with Crippen molar-refractivity contribution in [1.29, 1.82) is 0 Å². The van der Waals surface area contributed by atoms with Crippen molar-refractivity contribution in [2.45, 2.75) is 33.9 Å². The fourth-order valence-electron chi connectivity index (χ4n) is 2.86. The topological polar surface area (TPSA) is 30.7 Å². The third kappa shape index (κ3) is 4.92. The lowest BCUT2D eigenvalue weighted by Gasteiger charge is -2.41. The van der Waals surface area contributed by atoms with E-state index >= 15 is 0 Å². The molecule has 1 heterocycles. The van der Waals surface area contributed by atoms with Gasteiger partial charge in [0.2, 0.25) is 0 Å². The zero-order chi connectivity index (χ0) is 17.7. The summed E-state index contributed by atoms with van der Waals surface area (Å²) in [5.41, 5.74) is 2.11. The molecule has 130 valence electrons. The van der Waals surface area contributed by atoms with Crippen molar-refractivity contribution >= 4 is 18.3 Å². The Morgan fingerprint density at radius 2 is 1.52 bits per heavy atom. The smallest absolute Gasteiger partial charge is 0.418 e. The maximum Gasteiger partial charge on any atom is 0.673 e. The van der Waals surface area contributed by atoms with E-state index < -0.39 is 7.25 Å². The molecule has 0 N–H and O–H groups in total. The number of para-hydroxylation sites is 1. The lowest BCUT2D eigenvalue weighted by molar-refractivity contribution is -0.960. The van der Waals surface area contributed by atoms with Crippen molar-refractivity contribution in [1.82, 2.24) is 15.0 Å². The monoisotopic (exact) mass is 334 g/mol. The number of quaternary nitrogens is 1. The number of benzene rings is 1. The van der Waals surface area contributed by atoms with Crippen LogP contribution >= 0.6 is 0 Å². The van der Waals surface area contributed by atoms with Crippen LogP contribution < -0.4 is 0 Å². The summed E-state index contributed by atoms with van der Waals surface area (Å²) in [5, 5.41) is 8.62. The van der Waals surface area contributed by atoms with Crippen molar-refractivity contribution in [3.05, 3.63) is 24.3 Å². The van der Waals surface area contributed by atoms with Crippen LogP contribution in [0.5, 0.6) is 0 Å². The zero-order valence-corrected chi connectivity index (χ0v) is 13.9. The number of nitrogens with zero attached hydrogens (tertiary/aromatic N) is 4. The summed E-state index contributed by atoms with van der Waals surface area (Å²) >= 11 is 0. The van der Waals surface area contributed by atoms with Crippen LogP contribution in [0.3, 0.4) is 0 Å². The number of fused-ring (bicyclic) bond motifs is 1. The number of halogens is 4. The van der Waals surface area contributed by atoms with Gasteiger partial charge < -0.3 is 21.7 Å². The van der Waals surface area contributed by atoms with Gasteiger partial charge in [-0.3, -0.25) is 0 Å². The molecule has 1 atom stereocenters. The summed E-state index contributed by atoms with van der Waals surface area (Å²) in [7, 11) is -6.00. The van der Waals surface area contributed by atoms with E-state index in [9.17, 15) is 17.3 Å². The normalized spacial score (nSPS) is 13.6. The fraction of sp³-hybridized carbons (Fsp3) is 0.571. The lowest BCUT2D eigenvalue weighted by atomic mass is 10.2. The molecule has 23 heavy (non-hydrogen) atoms. The largest absolute Gasteiger partial charge is 0.673 e. The first-order chi connectivity index (χ1) is 10.7. The highest BCUT2D eigenvalue weighted by molar-refractivity contribution is 6.50. The Morgan fingerprint density at radius 3 is 2.00 bits per heavy atom. The fourth-order valence-corrected chi connectivity index (χ4v) is 2.86. The van der Waals surface area contributed by atoms with E-state index in [0.29, 0.717) is 6.17 Å². The summed E-state index contributed by atoms with van der Waals surface area (Å²) in [6.45, 7) is 12.3. The van der Waals surface area contributed by atoms with E-state index in [0.717, 1.165) is 35.2 Å². The number of aromatic nitrogens is 3. The summed E-state index contributed by atoms with van der Waals surface area (Å²) in [6, 6.07) is 8.17. The Labute approximate surface area is 133 Å². The van der Waals surface area contributed by atoms with Gasteiger partial charge >= 0.3 is 7.25 Å². The van der Waals surface area contributed by atoms with Crippen LogP contribution in [-0.4, -0.2) is 46.4 Å². The first-order valence-corrected chi connectivity index (χ1v) is 7.71. The second-order valence-electron chi connectivity index (χ2n) is 5.32. The molecule has 1 unspecified atom stereocenters. The van der Waals surface area contributed by atoms with Crippen LogP contribution in [0.2, 0.25) is 0 Å². The van der Waals surface area contributed by atoms with Gasteiger partial charge in [0.05, 0.1) is 25.2 Å². The van der Waals surface area contributed by atoms with Gasteiger partial charge in [-0.2, -0.15) is 4.68 Å². The van der Waals surface area contributed by atoms with Crippen molar-refractivity contribution in [2.75, 3.05) is 19.6 Å². The Bertz CT molecular complexity index is 596. The number of rotatable bonds is 5. The highest BCUT2D eigenvalue weighted by Gasteiger charge is 2.31. The molecule has 0 aliphatic rings. The van der Waals surface area contributed by atoms with Gasteiger partial charge in [-0.25, -0.2) is 0 Å². The van der Waals surface area contributed by atoms with Crippen LogP contribution in [-0.2, 0) is 0 Å². The summed E-state index contributed by atoms with van der Waals surface area (Å²) < 4.78 is 42.1. The number of hydrogen-bond acceptors (Lipinski definition) is 2. The second-order valence-corrected chi connectivity index (χ2v) is 5.32. The molecule has 0 saturated heterocycles. The van der Waals surface area contributed by atoms with E-state index in [2.05, 4.69) is 48.8 Å². The third-order valence-electron chi connectivity index (χ3n) is 4.41. The van der Waals surface area contributed by atoms with Gasteiger partial charge in [0.15, 0.2) is 6.17 Å². The molecule has 0 radical (unpaired) electrons. The molecule has 0 amide bonds. The van der Waals surface area contributed by atoms with E-state index in [1.54, 1.807) is 0 Å². The maximum atomic E-state index is 9.75. The van der Waals surface area contributed by atoms with E-state index in [-0.39, 0.29) is 0 Å². The molecule has 0 aliphatic carbocycles. The maximum absolute atomic E-state index is 9.75. The first kappa shape index (κ1) is 19.4. The highest BCUT2D eigenvalue weighted by Crippen LogP contribution is 2.25. The molecule has 4 nitrogen and oxygen atoms in total. The summed E-state index contributed by atoms with van der Waals surface area (Å²) in [5.74, 6) is 0. The zero-order valence-electron chi connectivity index (χ0n) is 13.9. The Balaban J connectivity index is 0.000000463. The molecule has 0 aliphatic heterocycles. The first-order valence-electron chi connectivity index (χ1n) is 7.71. The van der Waals surface area contributed by atoms with E-state index in [1.165, 1.54) is 0 Å². The van der Waals surface area contributed by atoms with Crippen molar-refractivity contribution in [2.24, 2.45) is 0 Å². The Hall–Kier alpha value is -1.64. The third-order valence-corrected chi connectivity index (χ3v) is 4.41. The molecule has 1 aromatic carbocycles. The second kappa shape index (κ2) is 7.76. The van der Waals surface area contributed by atoms with Crippen LogP contribution in [0, 0.1) is 0 Å². The quantitative estimate of drug-likeness (QED) is 0.468. The Morgan fingerprint density at radius 1 is 1.04 bits per heavy atom. The van der Waals surface area contributed by atoms with Gasteiger partial charge in [-0.05, 0) is 32.9 Å². The van der Waals surface area contributed by atoms with E-state index in [4.69, 9.17) is 0 Å². The average Bonchev–Trinajstić information content (AvgIpc) is 2.91. The van der Waals surface area contributed by atoms with Crippen LogP contribution in [0.25, 0.3) is 11.0 Å². The van der Waals surface area contributed by atoms with Crippen molar-refractivity contribution < 1.29 is 21.7 Å². The molecular formula is C14H23BF4N4. The molecule has 0 saturated carbocycles. The van der Waals surface area contributed by atoms with Gasteiger partial charge in [0.1, 0.15) is 5.52 Å². The minimum absolute atomic E-state index is 0.317. The molecule has 2 aromatic rings. The minimum Gasteiger partial charge on any atom is -0.418 e. The van der Waals surface area contributed by atoms with Crippen molar-refractivity contribution in [3.63, 3.8) is 0 Å². The lowest BCUT2D eigenvalue weighted by Crippen LogP contribution is -2.51. The SMILES string of the molecule is CC[N+](CC)(CC)C(C)n1nnc2ccccc21.F[B-](F)(F)F. The van der Waals surface area contributed by atoms with E-state index in [1.807, 2.05) is 18.2 Å². The van der Waals surface area contributed by atoms with Crippen molar-refractivity contribution in [3.8, 4) is 0 Å². The average molecular weight is 334 g/mol. The van der Waals surface area contributed by atoms with Gasteiger partial charge in [-0.15, -0.1) is 5.10 Å². The molecule has 0 fully saturated rings. The Kier molecular flexibility index (Phi) is 6.55. The van der Waals surface area contributed by atoms with Crippen LogP contribution in [0.15, 0.2) is 24.3 Å². The molecular weight excluding hydrogens is 311 g/mol. The highest BCUT2D eigenvalue weighted by atomic mass is 19.5. The summed E-state index contributed by atoms with van der Waals surface area (Å²) in [4.78, 5) is 0. The standard InChI is InChI=1S/C14H23N4.BF4/c1-5-18(6-2,7-3)12(4)17-14-11-9-8-10-13(14)15-16-17;2-1(3,4)5/h8-12H,5-7H2,1-4H3;/q+1;-1. The molecule has 1 aromatic heterocycles. The minimum atomic E-state index is -6.00. The van der Waals surface area contributed by atoms with Crippen LogP contribution in [0.1, 0.15) is 33.9 Å². The van der Waals surface area contributed by atoms with Gasteiger partial charge in [0, 0.05) is 6.92 Å².